The smallest absolute Gasteiger partial charge is 0.102 e. The fourth-order valence-electron chi connectivity index (χ4n) is 8.44. The second-order valence-corrected chi connectivity index (χ2v) is 16.0. The highest BCUT2D eigenvalue weighted by Crippen LogP contribution is 2.45. The van der Waals surface area contributed by atoms with E-state index in [4.69, 9.17) is 9.98 Å². The third-order valence-corrected chi connectivity index (χ3v) is 12.2. The molecule has 2 aliphatic heterocycles. The van der Waals surface area contributed by atoms with Crippen molar-refractivity contribution in [3.05, 3.63) is 97.1 Å². The summed E-state index contributed by atoms with van der Waals surface area (Å²) in [5.41, 5.74) is 6.81. The molecule has 0 saturated heterocycles. The molecule has 48 heavy (non-hydrogen) atoms. The molecule has 0 aliphatic carbocycles. The lowest BCUT2D eigenvalue weighted by Crippen LogP contribution is -2.52. The standard InChI is InChI=1S/C44H46N4/c1-27-45-41(3,4)43(7,8)47(27)33-19-11-29(12-20-33)35-23-15-31-18-26-38-36(24-16-32-17-25-37(35)39(31)40(32)38)30-13-21-34(22-14-30)48-28(2)46-42(5,6)44(48,9)10/h11-26H,1-10H3. The minimum Gasteiger partial charge on any atom is -0.322 e. The van der Waals surface area contributed by atoms with Gasteiger partial charge in [0.25, 0.3) is 0 Å². The summed E-state index contributed by atoms with van der Waals surface area (Å²) in [5, 5.41) is 7.81. The number of nitrogens with zero attached hydrogens (tertiary/aromatic N) is 4. The highest BCUT2D eigenvalue weighted by Gasteiger charge is 2.49. The molecule has 4 heteroatoms. The van der Waals surface area contributed by atoms with Gasteiger partial charge in [-0.1, -0.05) is 72.8 Å². The first-order chi connectivity index (χ1) is 22.6. The van der Waals surface area contributed by atoms with E-state index < -0.39 is 0 Å². The summed E-state index contributed by atoms with van der Waals surface area (Å²) in [4.78, 5) is 14.8. The Morgan fingerprint density at radius 3 is 1.06 bits per heavy atom. The highest BCUT2D eigenvalue weighted by molar-refractivity contribution is 6.27. The Morgan fingerprint density at radius 2 is 0.750 bits per heavy atom. The van der Waals surface area contributed by atoms with Crippen molar-refractivity contribution in [2.24, 2.45) is 9.98 Å². The van der Waals surface area contributed by atoms with Gasteiger partial charge < -0.3 is 9.80 Å². The van der Waals surface area contributed by atoms with Gasteiger partial charge in [-0.2, -0.15) is 0 Å². The van der Waals surface area contributed by atoms with Crippen LogP contribution in [0.3, 0.4) is 0 Å². The lowest BCUT2D eigenvalue weighted by molar-refractivity contribution is 0.338. The van der Waals surface area contributed by atoms with Crippen molar-refractivity contribution < 1.29 is 0 Å². The molecule has 0 radical (unpaired) electrons. The molecular formula is C44H46N4. The van der Waals surface area contributed by atoms with Crippen molar-refractivity contribution in [3.8, 4) is 22.3 Å². The molecule has 6 aromatic carbocycles. The van der Waals surface area contributed by atoms with Gasteiger partial charge in [-0.3, -0.25) is 9.98 Å². The maximum Gasteiger partial charge on any atom is 0.102 e. The van der Waals surface area contributed by atoms with Crippen LogP contribution in [0.2, 0.25) is 0 Å². The zero-order chi connectivity index (χ0) is 34.0. The average molecular weight is 631 g/mol. The molecule has 2 aliphatic rings. The number of rotatable bonds is 4. The van der Waals surface area contributed by atoms with Crippen LogP contribution < -0.4 is 9.80 Å². The zero-order valence-corrected chi connectivity index (χ0v) is 30.0. The van der Waals surface area contributed by atoms with E-state index in [1.165, 1.54) is 65.9 Å². The van der Waals surface area contributed by atoms with Crippen LogP contribution in [0.4, 0.5) is 11.4 Å². The fourth-order valence-corrected chi connectivity index (χ4v) is 8.44. The molecule has 0 atom stereocenters. The van der Waals surface area contributed by atoms with Crippen molar-refractivity contribution in [1.82, 2.24) is 0 Å². The maximum absolute atomic E-state index is 5.00. The number of benzene rings is 6. The molecule has 0 bridgehead atoms. The average Bonchev–Trinajstić information content (AvgIpc) is 3.31. The van der Waals surface area contributed by atoms with E-state index in [2.05, 4.69) is 176 Å². The monoisotopic (exact) mass is 630 g/mol. The van der Waals surface area contributed by atoms with Crippen LogP contribution >= 0.6 is 0 Å². The van der Waals surface area contributed by atoms with Gasteiger partial charge in [0.05, 0.1) is 22.2 Å². The molecular weight excluding hydrogens is 585 g/mol. The van der Waals surface area contributed by atoms with Gasteiger partial charge in [-0.15, -0.1) is 0 Å². The Morgan fingerprint density at radius 1 is 0.417 bits per heavy atom. The van der Waals surface area contributed by atoms with E-state index in [0.29, 0.717) is 0 Å². The highest BCUT2D eigenvalue weighted by atomic mass is 15.3. The Labute approximate surface area is 285 Å². The van der Waals surface area contributed by atoms with E-state index in [1.807, 2.05) is 0 Å². The van der Waals surface area contributed by atoms with Crippen molar-refractivity contribution in [3.63, 3.8) is 0 Å². The number of aliphatic imine (C=N–C) groups is 2. The molecule has 0 amide bonds. The normalized spacial score (nSPS) is 19.5. The summed E-state index contributed by atoms with van der Waals surface area (Å²) >= 11 is 0. The molecule has 2 heterocycles. The first-order valence-corrected chi connectivity index (χ1v) is 17.3. The van der Waals surface area contributed by atoms with Gasteiger partial charge in [-0.25, -0.2) is 0 Å². The summed E-state index contributed by atoms with van der Waals surface area (Å²) in [6.07, 6.45) is 0. The van der Waals surface area contributed by atoms with Gasteiger partial charge in [0.1, 0.15) is 11.7 Å². The molecule has 0 aromatic heterocycles. The van der Waals surface area contributed by atoms with E-state index in [0.717, 1.165) is 11.7 Å². The molecule has 0 spiro atoms. The quantitative estimate of drug-likeness (QED) is 0.181. The fraction of sp³-hybridized carbons (Fsp3) is 0.318. The van der Waals surface area contributed by atoms with Crippen molar-refractivity contribution in [2.75, 3.05) is 9.80 Å². The summed E-state index contributed by atoms with van der Waals surface area (Å²) in [7, 11) is 0. The van der Waals surface area contributed by atoms with E-state index in [1.54, 1.807) is 0 Å². The number of anilines is 2. The molecule has 0 unspecified atom stereocenters. The summed E-state index contributed by atoms with van der Waals surface area (Å²) in [6, 6.07) is 36.5. The Hall–Kier alpha value is -4.70. The SMILES string of the molecule is CC1=NC(C)(C)C(C)(C)N1c1ccc(-c2ccc3ccc4c(-c5ccc(N6C(C)=NC(C)(C)C6(C)C)cc5)ccc5ccc2c3c54)cc1. The number of hydrogen-bond acceptors (Lipinski definition) is 4. The summed E-state index contributed by atoms with van der Waals surface area (Å²) < 4.78 is 0. The predicted molar refractivity (Wildman–Crippen MR) is 209 cm³/mol. The van der Waals surface area contributed by atoms with E-state index >= 15 is 0 Å². The van der Waals surface area contributed by atoms with Gasteiger partial charge in [0, 0.05) is 11.4 Å². The Balaban J connectivity index is 1.20. The maximum atomic E-state index is 5.00. The lowest BCUT2D eigenvalue weighted by atomic mass is 9.83. The van der Waals surface area contributed by atoms with Crippen LogP contribution in [0.5, 0.6) is 0 Å². The van der Waals surface area contributed by atoms with Crippen LogP contribution in [-0.2, 0) is 0 Å². The zero-order valence-electron chi connectivity index (χ0n) is 30.0. The van der Waals surface area contributed by atoms with Gasteiger partial charge in [0.15, 0.2) is 0 Å². The van der Waals surface area contributed by atoms with Crippen LogP contribution in [0.25, 0.3) is 54.6 Å². The van der Waals surface area contributed by atoms with Gasteiger partial charge >= 0.3 is 0 Å². The van der Waals surface area contributed by atoms with Crippen LogP contribution in [0, 0.1) is 0 Å². The molecule has 0 saturated carbocycles. The summed E-state index contributed by atoms with van der Waals surface area (Å²) in [6.45, 7) is 22.3. The lowest BCUT2D eigenvalue weighted by Gasteiger charge is -2.41. The minimum absolute atomic E-state index is 0.113. The third-order valence-electron chi connectivity index (χ3n) is 12.2. The molecule has 242 valence electrons. The minimum atomic E-state index is -0.154. The predicted octanol–water partition coefficient (Wildman–Crippen LogP) is 11.5. The molecule has 8 rings (SSSR count). The largest absolute Gasteiger partial charge is 0.322 e. The Bertz CT molecular complexity index is 2130. The second kappa shape index (κ2) is 9.92. The van der Waals surface area contributed by atoms with Crippen molar-refractivity contribution >= 4 is 55.4 Å². The van der Waals surface area contributed by atoms with Crippen molar-refractivity contribution in [2.45, 2.75) is 91.4 Å². The second-order valence-electron chi connectivity index (χ2n) is 16.0. The van der Waals surface area contributed by atoms with E-state index in [-0.39, 0.29) is 22.2 Å². The van der Waals surface area contributed by atoms with Gasteiger partial charge in [-0.05, 0) is 148 Å². The first-order valence-electron chi connectivity index (χ1n) is 17.3. The first kappa shape index (κ1) is 30.6. The topological polar surface area (TPSA) is 31.2 Å². The summed E-state index contributed by atoms with van der Waals surface area (Å²) in [5.74, 6) is 2.14. The molecule has 0 fully saturated rings. The molecule has 4 nitrogen and oxygen atoms in total. The Kier molecular flexibility index (Phi) is 6.33. The molecule has 0 N–H and O–H groups in total. The third kappa shape index (κ3) is 4.14. The van der Waals surface area contributed by atoms with Crippen LogP contribution in [-0.4, -0.2) is 33.8 Å². The van der Waals surface area contributed by atoms with E-state index in [9.17, 15) is 0 Å². The number of hydrogen-bond donors (Lipinski definition) is 0. The molecule has 6 aromatic rings. The van der Waals surface area contributed by atoms with Crippen LogP contribution in [0.15, 0.2) is 107 Å². The van der Waals surface area contributed by atoms with Crippen molar-refractivity contribution in [1.29, 1.82) is 0 Å². The van der Waals surface area contributed by atoms with Crippen LogP contribution in [0.1, 0.15) is 69.2 Å². The number of amidine groups is 2. The van der Waals surface area contributed by atoms with Gasteiger partial charge in [0.2, 0.25) is 0 Å².